The fraction of sp³-hybridized carbons (Fsp3) is 0.333. The van der Waals surface area contributed by atoms with Crippen LogP contribution in [0.5, 0.6) is 5.75 Å². The van der Waals surface area contributed by atoms with Gasteiger partial charge in [0, 0.05) is 12.1 Å². The Morgan fingerprint density at radius 3 is 2.61 bits per heavy atom. The standard InChI is InChI=1S/C9H8F3IN2O3/c10-9(11,12)18-6-1-4(3-14)8(13)15-5(6)2-7(16)17/h1H,2-3,14H2,(H,16,17). The maximum atomic E-state index is 12.2. The highest BCUT2D eigenvalue weighted by molar-refractivity contribution is 14.1. The van der Waals surface area contributed by atoms with Gasteiger partial charge in [0.2, 0.25) is 0 Å². The van der Waals surface area contributed by atoms with Crippen molar-refractivity contribution in [2.24, 2.45) is 5.73 Å². The number of aliphatic carboxylic acids is 1. The number of rotatable bonds is 4. The number of aromatic nitrogens is 1. The van der Waals surface area contributed by atoms with Gasteiger partial charge in [-0.05, 0) is 28.7 Å². The molecule has 0 spiro atoms. The molecule has 0 saturated heterocycles. The third-order valence-corrected chi connectivity index (χ3v) is 2.79. The van der Waals surface area contributed by atoms with Gasteiger partial charge in [-0.3, -0.25) is 4.79 Å². The van der Waals surface area contributed by atoms with E-state index < -0.39 is 24.5 Å². The summed E-state index contributed by atoms with van der Waals surface area (Å²) in [7, 11) is 0. The maximum absolute atomic E-state index is 12.2. The molecule has 100 valence electrons. The molecule has 0 fully saturated rings. The van der Waals surface area contributed by atoms with Crippen LogP contribution in [0.4, 0.5) is 13.2 Å². The molecule has 0 aromatic carbocycles. The van der Waals surface area contributed by atoms with Crippen LogP contribution in [-0.2, 0) is 17.8 Å². The number of carboxylic acid groups (broad SMARTS) is 1. The van der Waals surface area contributed by atoms with Crippen molar-refractivity contribution >= 4 is 28.6 Å². The van der Waals surface area contributed by atoms with Crippen LogP contribution >= 0.6 is 22.6 Å². The van der Waals surface area contributed by atoms with Crippen LogP contribution in [0, 0.1) is 3.70 Å². The summed E-state index contributed by atoms with van der Waals surface area (Å²) in [6, 6.07) is 1.06. The zero-order valence-electron chi connectivity index (χ0n) is 8.79. The third-order valence-electron chi connectivity index (χ3n) is 1.85. The summed E-state index contributed by atoms with van der Waals surface area (Å²) in [5.41, 5.74) is 5.40. The summed E-state index contributed by atoms with van der Waals surface area (Å²) in [6.45, 7) is -0.0210. The number of nitrogens with two attached hydrogens (primary N) is 1. The minimum atomic E-state index is -4.91. The average Bonchev–Trinajstić information content (AvgIpc) is 2.19. The van der Waals surface area contributed by atoms with E-state index in [4.69, 9.17) is 10.8 Å². The Balaban J connectivity index is 3.21. The molecule has 3 N–H and O–H groups in total. The van der Waals surface area contributed by atoms with E-state index in [1.54, 1.807) is 22.6 Å². The number of carbonyl (C=O) groups is 1. The molecule has 18 heavy (non-hydrogen) atoms. The number of halogens is 4. The first kappa shape index (κ1) is 15.0. The number of hydrogen-bond donors (Lipinski definition) is 2. The Morgan fingerprint density at radius 2 is 2.17 bits per heavy atom. The molecule has 1 rings (SSSR count). The van der Waals surface area contributed by atoms with E-state index in [9.17, 15) is 18.0 Å². The molecule has 0 unspecified atom stereocenters. The lowest BCUT2D eigenvalue weighted by Crippen LogP contribution is -2.20. The molecular formula is C9H8F3IN2O3. The molecule has 0 bridgehead atoms. The van der Waals surface area contributed by atoms with E-state index in [1.807, 2.05) is 0 Å². The lowest BCUT2D eigenvalue weighted by atomic mass is 10.2. The van der Waals surface area contributed by atoms with Crippen LogP contribution in [0.15, 0.2) is 6.07 Å². The van der Waals surface area contributed by atoms with Gasteiger partial charge in [0.15, 0.2) is 5.75 Å². The summed E-state index contributed by atoms with van der Waals surface area (Å²) >= 11 is 1.77. The number of carboxylic acids is 1. The largest absolute Gasteiger partial charge is 0.573 e. The zero-order chi connectivity index (χ0) is 13.9. The van der Waals surface area contributed by atoms with E-state index in [2.05, 4.69) is 9.72 Å². The first-order chi connectivity index (χ1) is 8.23. The molecule has 5 nitrogen and oxygen atoms in total. The van der Waals surface area contributed by atoms with Crippen molar-refractivity contribution in [2.45, 2.75) is 19.3 Å². The van der Waals surface area contributed by atoms with Gasteiger partial charge >= 0.3 is 12.3 Å². The van der Waals surface area contributed by atoms with Crippen LogP contribution in [0.1, 0.15) is 11.3 Å². The Morgan fingerprint density at radius 1 is 1.56 bits per heavy atom. The van der Waals surface area contributed by atoms with Crippen LogP contribution in [0.3, 0.4) is 0 Å². The molecule has 0 amide bonds. The van der Waals surface area contributed by atoms with E-state index in [0.717, 1.165) is 6.07 Å². The zero-order valence-corrected chi connectivity index (χ0v) is 10.9. The Bertz CT molecular complexity index is 465. The summed E-state index contributed by atoms with van der Waals surface area (Å²) in [5, 5.41) is 8.60. The molecule has 0 aliphatic carbocycles. The van der Waals surface area contributed by atoms with Crippen LogP contribution < -0.4 is 10.5 Å². The molecule has 0 aliphatic rings. The molecule has 0 aliphatic heterocycles. The Hall–Kier alpha value is -1.10. The van der Waals surface area contributed by atoms with Crippen molar-refractivity contribution in [1.29, 1.82) is 0 Å². The first-order valence-electron chi connectivity index (χ1n) is 4.59. The van der Waals surface area contributed by atoms with Gasteiger partial charge < -0.3 is 15.6 Å². The number of alkyl halides is 3. The Labute approximate surface area is 113 Å². The van der Waals surface area contributed by atoms with Crippen molar-refractivity contribution in [2.75, 3.05) is 0 Å². The molecule has 0 radical (unpaired) electrons. The Kier molecular flexibility index (Phi) is 4.73. The monoisotopic (exact) mass is 376 g/mol. The van der Waals surface area contributed by atoms with Crippen molar-refractivity contribution in [3.05, 3.63) is 21.0 Å². The number of ether oxygens (including phenoxy) is 1. The molecule has 9 heteroatoms. The number of pyridine rings is 1. The number of nitrogens with zero attached hydrogens (tertiary/aromatic N) is 1. The summed E-state index contributed by atoms with van der Waals surface area (Å²) < 4.78 is 40.6. The average molecular weight is 376 g/mol. The minimum absolute atomic E-state index is 0.0210. The van der Waals surface area contributed by atoms with Gasteiger partial charge in [0.25, 0.3) is 0 Å². The van der Waals surface area contributed by atoms with E-state index in [-0.39, 0.29) is 12.2 Å². The van der Waals surface area contributed by atoms with Crippen molar-refractivity contribution in [3.63, 3.8) is 0 Å². The molecule has 0 atom stereocenters. The topological polar surface area (TPSA) is 85.4 Å². The predicted octanol–water partition coefficient (Wildman–Crippen LogP) is 1.67. The van der Waals surface area contributed by atoms with Crippen LogP contribution in [0.2, 0.25) is 0 Å². The van der Waals surface area contributed by atoms with Gasteiger partial charge in [0.1, 0.15) is 3.70 Å². The normalized spacial score (nSPS) is 11.4. The minimum Gasteiger partial charge on any atom is -0.481 e. The van der Waals surface area contributed by atoms with Crippen LogP contribution in [0.25, 0.3) is 0 Å². The first-order valence-corrected chi connectivity index (χ1v) is 5.66. The van der Waals surface area contributed by atoms with E-state index >= 15 is 0 Å². The fourth-order valence-electron chi connectivity index (χ4n) is 1.17. The van der Waals surface area contributed by atoms with Gasteiger partial charge in [-0.2, -0.15) is 0 Å². The molecule has 1 heterocycles. The van der Waals surface area contributed by atoms with Crippen molar-refractivity contribution < 1.29 is 27.8 Å². The fourth-order valence-corrected chi connectivity index (χ4v) is 1.84. The van der Waals surface area contributed by atoms with Crippen molar-refractivity contribution in [3.8, 4) is 5.75 Å². The SMILES string of the molecule is NCc1cc(OC(F)(F)F)c(CC(=O)O)nc1I. The second-order valence-electron chi connectivity index (χ2n) is 3.21. The third kappa shape index (κ3) is 4.29. The number of hydrogen-bond acceptors (Lipinski definition) is 4. The quantitative estimate of drug-likeness (QED) is 0.617. The van der Waals surface area contributed by atoms with Gasteiger partial charge in [-0.15, -0.1) is 13.2 Å². The van der Waals surface area contributed by atoms with Gasteiger partial charge in [-0.25, -0.2) is 4.98 Å². The highest BCUT2D eigenvalue weighted by atomic mass is 127. The highest BCUT2D eigenvalue weighted by Crippen LogP contribution is 2.28. The molecular weight excluding hydrogens is 368 g/mol. The summed E-state index contributed by atoms with van der Waals surface area (Å²) in [5.74, 6) is -1.93. The lowest BCUT2D eigenvalue weighted by molar-refractivity contribution is -0.275. The molecule has 1 aromatic heterocycles. The van der Waals surface area contributed by atoms with Gasteiger partial charge in [0.05, 0.1) is 12.1 Å². The highest BCUT2D eigenvalue weighted by Gasteiger charge is 2.33. The second-order valence-corrected chi connectivity index (χ2v) is 4.23. The molecule has 0 saturated carbocycles. The van der Waals surface area contributed by atoms with E-state index in [0.29, 0.717) is 9.26 Å². The maximum Gasteiger partial charge on any atom is 0.573 e. The molecule has 1 aromatic rings. The summed E-state index contributed by atoms with van der Waals surface area (Å²) in [6.07, 6.45) is -5.57. The van der Waals surface area contributed by atoms with E-state index in [1.165, 1.54) is 0 Å². The van der Waals surface area contributed by atoms with Crippen molar-refractivity contribution in [1.82, 2.24) is 4.98 Å². The smallest absolute Gasteiger partial charge is 0.481 e. The van der Waals surface area contributed by atoms with Crippen LogP contribution in [-0.4, -0.2) is 22.4 Å². The lowest BCUT2D eigenvalue weighted by Gasteiger charge is -2.13. The second kappa shape index (κ2) is 5.69. The summed E-state index contributed by atoms with van der Waals surface area (Å²) in [4.78, 5) is 14.3. The predicted molar refractivity (Wildman–Crippen MR) is 62.9 cm³/mol. The van der Waals surface area contributed by atoms with Gasteiger partial charge in [-0.1, -0.05) is 0 Å².